The molecule has 3 heterocycles. The van der Waals surface area contributed by atoms with Crippen molar-refractivity contribution in [1.82, 2.24) is 35.1 Å². The van der Waals surface area contributed by atoms with Crippen LogP contribution in [0.25, 0.3) is 11.1 Å². The molecular weight excluding hydrogens is 282 g/mol. The van der Waals surface area contributed by atoms with Gasteiger partial charge in [-0.05, 0) is 17.7 Å². The van der Waals surface area contributed by atoms with E-state index in [0.29, 0.717) is 18.8 Å². The van der Waals surface area contributed by atoms with Crippen molar-refractivity contribution >= 4 is 5.91 Å². The van der Waals surface area contributed by atoms with E-state index in [1.807, 2.05) is 18.3 Å². The van der Waals surface area contributed by atoms with E-state index in [-0.39, 0.29) is 5.91 Å². The van der Waals surface area contributed by atoms with Crippen molar-refractivity contribution in [3.8, 4) is 11.1 Å². The molecule has 0 atom stereocenters. The normalized spacial score (nSPS) is 10.6. The van der Waals surface area contributed by atoms with Gasteiger partial charge in [0.2, 0.25) is 0 Å². The number of aryl methyl sites for hydroxylation is 1. The smallest absolute Gasteiger partial charge is 0.273 e. The van der Waals surface area contributed by atoms with Crippen molar-refractivity contribution in [2.45, 2.75) is 6.54 Å². The molecule has 0 spiro atoms. The highest BCUT2D eigenvalue weighted by molar-refractivity contribution is 5.91. The Morgan fingerprint density at radius 1 is 1.23 bits per heavy atom. The largest absolute Gasteiger partial charge is 0.349 e. The average molecular weight is 297 g/mol. The van der Waals surface area contributed by atoms with Crippen molar-refractivity contribution < 1.29 is 4.79 Å². The second-order valence-corrected chi connectivity index (χ2v) is 4.76. The molecule has 3 rings (SSSR count). The van der Waals surface area contributed by atoms with Gasteiger partial charge in [0.25, 0.3) is 5.91 Å². The highest BCUT2D eigenvalue weighted by Gasteiger charge is 2.09. The van der Waals surface area contributed by atoms with Gasteiger partial charge in [-0.2, -0.15) is 5.10 Å². The lowest BCUT2D eigenvalue weighted by Crippen LogP contribution is -2.27. The Labute approximate surface area is 126 Å². The van der Waals surface area contributed by atoms with E-state index in [4.69, 9.17) is 0 Å². The Bertz CT molecular complexity index is 762. The van der Waals surface area contributed by atoms with Crippen molar-refractivity contribution in [2.24, 2.45) is 7.05 Å². The molecule has 0 radical (unpaired) electrons. The van der Waals surface area contributed by atoms with Crippen LogP contribution in [0.15, 0.2) is 43.1 Å². The quantitative estimate of drug-likeness (QED) is 0.740. The van der Waals surface area contributed by atoms with Crippen LogP contribution >= 0.6 is 0 Å². The monoisotopic (exact) mass is 297 g/mol. The van der Waals surface area contributed by atoms with Crippen LogP contribution in [0.5, 0.6) is 0 Å². The molecule has 22 heavy (non-hydrogen) atoms. The molecule has 3 aromatic heterocycles. The molecule has 8 nitrogen and oxygen atoms in total. The number of hydrogen-bond donors (Lipinski definition) is 1. The minimum atomic E-state index is -0.241. The molecule has 1 N–H and O–H groups in total. The third-order valence-corrected chi connectivity index (χ3v) is 3.11. The Balaban J connectivity index is 1.54. The third kappa shape index (κ3) is 3.17. The number of carbonyl (C=O) groups is 1. The molecule has 0 fully saturated rings. The molecule has 0 saturated carbocycles. The lowest BCUT2D eigenvalue weighted by atomic mass is 10.1. The number of nitrogens with zero attached hydrogens (tertiary/aromatic N) is 6. The van der Waals surface area contributed by atoms with Crippen LogP contribution in [0.4, 0.5) is 0 Å². The zero-order valence-electron chi connectivity index (χ0n) is 12.0. The molecule has 0 bridgehead atoms. The van der Waals surface area contributed by atoms with E-state index in [0.717, 1.165) is 11.1 Å². The number of hydrogen-bond acceptors (Lipinski definition) is 5. The molecule has 8 heteroatoms. The summed E-state index contributed by atoms with van der Waals surface area (Å²) in [6.07, 6.45) is 8.79. The van der Waals surface area contributed by atoms with Gasteiger partial charge in [0.05, 0.1) is 18.9 Å². The summed E-state index contributed by atoms with van der Waals surface area (Å²) >= 11 is 0. The van der Waals surface area contributed by atoms with Gasteiger partial charge in [0.1, 0.15) is 0 Å². The average Bonchev–Trinajstić information content (AvgIpc) is 3.17. The number of amides is 1. The standard InChI is InChI=1S/C14H15N7O/c1-20-10-13(18-19-20)14(22)16-6-7-21-9-12(8-17-21)11-2-4-15-5-3-11/h2-5,8-10H,6-7H2,1H3,(H,16,22). The predicted molar refractivity (Wildman–Crippen MR) is 78.8 cm³/mol. The van der Waals surface area contributed by atoms with Gasteiger partial charge in [-0.15, -0.1) is 5.10 Å². The second-order valence-electron chi connectivity index (χ2n) is 4.76. The molecule has 1 amide bonds. The lowest BCUT2D eigenvalue weighted by Gasteiger charge is -2.03. The molecular formula is C14H15N7O. The summed E-state index contributed by atoms with van der Waals surface area (Å²) in [5.41, 5.74) is 2.38. The summed E-state index contributed by atoms with van der Waals surface area (Å²) in [7, 11) is 1.72. The van der Waals surface area contributed by atoms with Crippen LogP contribution in [0.1, 0.15) is 10.5 Å². The zero-order valence-corrected chi connectivity index (χ0v) is 12.0. The number of nitrogens with one attached hydrogen (secondary N) is 1. The van der Waals surface area contributed by atoms with Crippen LogP contribution in [0.2, 0.25) is 0 Å². The minimum Gasteiger partial charge on any atom is -0.349 e. The highest BCUT2D eigenvalue weighted by Crippen LogP contribution is 2.16. The van der Waals surface area contributed by atoms with E-state index in [9.17, 15) is 4.79 Å². The minimum absolute atomic E-state index is 0.241. The fraction of sp³-hybridized carbons (Fsp3) is 0.214. The van der Waals surface area contributed by atoms with Crippen LogP contribution in [-0.4, -0.2) is 42.2 Å². The first-order valence-corrected chi connectivity index (χ1v) is 6.80. The molecule has 0 aliphatic heterocycles. The fourth-order valence-electron chi connectivity index (χ4n) is 2.01. The molecule has 0 aliphatic rings. The van der Waals surface area contributed by atoms with Crippen molar-refractivity contribution in [3.05, 3.63) is 48.8 Å². The Hall–Kier alpha value is -3.03. The Morgan fingerprint density at radius 3 is 2.77 bits per heavy atom. The predicted octanol–water partition coefficient (Wildman–Crippen LogP) is 0.504. The van der Waals surface area contributed by atoms with Crippen LogP contribution in [-0.2, 0) is 13.6 Å². The summed E-state index contributed by atoms with van der Waals surface area (Å²) in [5, 5.41) is 14.5. The van der Waals surface area contributed by atoms with Crippen LogP contribution in [0, 0.1) is 0 Å². The molecule has 0 unspecified atom stereocenters. The number of aromatic nitrogens is 6. The van der Waals surface area contributed by atoms with Crippen LogP contribution < -0.4 is 5.32 Å². The highest BCUT2D eigenvalue weighted by atomic mass is 16.2. The summed E-state index contributed by atoms with van der Waals surface area (Å²) < 4.78 is 3.27. The third-order valence-electron chi connectivity index (χ3n) is 3.11. The maximum absolute atomic E-state index is 11.8. The Kier molecular flexibility index (Phi) is 3.90. The summed E-state index contributed by atoms with van der Waals surface area (Å²) in [5.74, 6) is -0.241. The summed E-state index contributed by atoms with van der Waals surface area (Å²) in [6, 6.07) is 3.86. The van der Waals surface area contributed by atoms with Gasteiger partial charge in [0.15, 0.2) is 5.69 Å². The van der Waals surface area contributed by atoms with Gasteiger partial charge in [-0.3, -0.25) is 19.1 Å². The second kappa shape index (κ2) is 6.17. The van der Waals surface area contributed by atoms with Gasteiger partial charge in [-0.25, -0.2) is 0 Å². The fourth-order valence-corrected chi connectivity index (χ4v) is 2.01. The van der Waals surface area contributed by atoms with Gasteiger partial charge < -0.3 is 5.32 Å². The maximum Gasteiger partial charge on any atom is 0.273 e. The van der Waals surface area contributed by atoms with Gasteiger partial charge in [-0.1, -0.05) is 5.21 Å². The zero-order chi connectivity index (χ0) is 15.4. The van der Waals surface area contributed by atoms with Gasteiger partial charge in [0, 0.05) is 37.7 Å². The van der Waals surface area contributed by atoms with E-state index < -0.39 is 0 Å². The van der Waals surface area contributed by atoms with Crippen molar-refractivity contribution in [1.29, 1.82) is 0 Å². The van der Waals surface area contributed by atoms with Crippen molar-refractivity contribution in [2.75, 3.05) is 6.54 Å². The van der Waals surface area contributed by atoms with E-state index >= 15 is 0 Å². The molecule has 112 valence electrons. The van der Waals surface area contributed by atoms with E-state index in [1.165, 1.54) is 4.68 Å². The molecule has 3 aromatic rings. The lowest BCUT2D eigenvalue weighted by molar-refractivity contribution is 0.0947. The first-order valence-electron chi connectivity index (χ1n) is 6.80. The number of carbonyl (C=O) groups excluding carboxylic acids is 1. The SMILES string of the molecule is Cn1cc(C(=O)NCCn2cc(-c3ccncc3)cn2)nn1. The topological polar surface area (TPSA) is 90.5 Å². The molecule has 0 saturated heterocycles. The van der Waals surface area contributed by atoms with E-state index in [2.05, 4.69) is 25.7 Å². The van der Waals surface area contributed by atoms with E-state index in [1.54, 1.807) is 36.5 Å². The van der Waals surface area contributed by atoms with Crippen molar-refractivity contribution in [3.63, 3.8) is 0 Å². The van der Waals surface area contributed by atoms with Crippen LogP contribution in [0.3, 0.4) is 0 Å². The van der Waals surface area contributed by atoms with Gasteiger partial charge >= 0.3 is 0 Å². The first kappa shape index (κ1) is 13.9. The first-order chi connectivity index (χ1) is 10.7. The Morgan fingerprint density at radius 2 is 2.05 bits per heavy atom. The molecule has 0 aliphatic carbocycles. The maximum atomic E-state index is 11.8. The molecule has 0 aromatic carbocycles. The summed E-state index contributed by atoms with van der Waals surface area (Å²) in [4.78, 5) is 15.8. The summed E-state index contributed by atoms with van der Waals surface area (Å²) in [6.45, 7) is 1.05. The number of pyridine rings is 1. The number of rotatable bonds is 5.